The summed E-state index contributed by atoms with van der Waals surface area (Å²) in [6.07, 6.45) is 3.20. The number of ether oxygens (including phenoxy) is 1. The van der Waals surface area contributed by atoms with E-state index < -0.39 is 0 Å². The molecule has 4 heteroatoms. The van der Waals surface area contributed by atoms with Gasteiger partial charge < -0.3 is 10.5 Å². The van der Waals surface area contributed by atoms with Gasteiger partial charge in [0.15, 0.2) is 0 Å². The summed E-state index contributed by atoms with van der Waals surface area (Å²) in [4.78, 5) is 14.2. The Balaban J connectivity index is 1.96. The molecule has 0 radical (unpaired) electrons. The van der Waals surface area contributed by atoms with Crippen molar-refractivity contribution in [3.05, 3.63) is 0 Å². The normalized spacial score (nSPS) is 34.6. The lowest BCUT2D eigenvalue weighted by molar-refractivity contribution is -0.149. The fourth-order valence-corrected chi connectivity index (χ4v) is 3.41. The van der Waals surface area contributed by atoms with Crippen LogP contribution in [-0.4, -0.2) is 42.6 Å². The zero-order valence-corrected chi connectivity index (χ0v) is 10.9. The average Bonchev–Trinajstić information content (AvgIpc) is 2.83. The molecule has 2 N–H and O–H groups in total. The van der Waals surface area contributed by atoms with Crippen LogP contribution < -0.4 is 5.73 Å². The summed E-state index contributed by atoms with van der Waals surface area (Å²) in [6.45, 7) is 6.38. The van der Waals surface area contributed by atoms with Gasteiger partial charge >= 0.3 is 5.97 Å². The Morgan fingerprint density at radius 1 is 1.41 bits per heavy atom. The molecule has 0 aromatic carbocycles. The quantitative estimate of drug-likeness (QED) is 0.745. The molecule has 0 aromatic heterocycles. The van der Waals surface area contributed by atoms with Gasteiger partial charge in [-0.15, -0.1) is 0 Å². The number of carbonyl (C=O) groups is 1. The molecule has 1 saturated heterocycles. The van der Waals surface area contributed by atoms with Crippen LogP contribution in [0.3, 0.4) is 0 Å². The van der Waals surface area contributed by atoms with Crippen LogP contribution in [0.25, 0.3) is 0 Å². The van der Waals surface area contributed by atoms with Gasteiger partial charge in [-0.2, -0.15) is 0 Å². The maximum absolute atomic E-state index is 11.9. The number of esters is 1. The van der Waals surface area contributed by atoms with E-state index in [1.807, 2.05) is 6.92 Å². The Hall–Kier alpha value is -0.610. The molecule has 1 aliphatic heterocycles. The summed E-state index contributed by atoms with van der Waals surface area (Å²) in [5, 5.41) is 0. The highest BCUT2D eigenvalue weighted by Gasteiger charge is 2.44. The predicted octanol–water partition coefficient (Wildman–Crippen LogP) is 0.997. The number of likely N-dealkylation sites (tertiary alicyclic amines) is 1. The molecule has 1 heterocycles. The zero-order valence-electron chi connectivity index (χ0n) is 10.9. The molecule has 1 saturated carbocycles. The summed E-state index contributed by atoms with van der Waals surface area (Å²) >= 11 is 0. The molecular formula is C13H24N2O2. The largest absolute Gasteiger partial charge is 0.465 e. The minimum Gasteiger partial charge on any atom is -0.465 e. The van der Waals surface area contributed by atoms with Crippen LogP contribution in [0.1, 0.15) is 33.1 Å². The Labute approximate surface area is 103 Å². The Morgan fingerprint density at radius 3 is 2.76 bits per heavy atom. The SMILES string of the molecule is CCOC(=O)C(CC)N1CC2CCC(N)C2C1. The highest BCUT2D eigenvalue weighted by Crippen LogP contribution is 2.38. The Kier molecular flexibility index (Phi) is 4.05. The molecule has 4 unspecified atom stereocenters. The van der Waals surface area contributed by atoms with Crippen molar-refractivity contribution in [2.24, 2.45) is 17.6 Å². The smallest absolute Gasteiger partial charge is 0.323 e. The van der Waals surface area contributed by atoms with Gasteiger partial charge in [0.25, 0.3) is 0 Å². The number of fused-ring (bicyclic) bond motifs is 1. The maximum Gasteiger partial charge on any atom is 0.323 e. The van der Waals surface area contributed by atoms with Crippen LogP contribution >= 0.6 is 0 Å². The molecule has 0 aromatic rings. The van der Waals surface area contributed by atoms with Crippen molar-refractivity contribution in [2.45, 2.75) is 45.2 Å². The van der Waals surface area contributed by atoms with Gasteiger partial charge in [-0.3, -0.25) is 9.69 Å². The van der Waals surface area contributed by atoms with E-state index in [-0.39, 0.29) is 12.0 Å². The summed E-state index contributed by atoms with van der Waals surface area (Å²) in [7, 11) is 0. The summed E-state index contributed by atoms with van der Waals surface area (Å²) in [5.74, 6) is 1.23. The molecule has 4 nitrogen and oxygen atoms in total. The molecule has 2 fully saturated rings. The Bertz CT molecular complexity index is 283. The second-order valence-corrected chi connectivity index (χ2v) is 5.30. The van der Waals surface area contributed by atoms with E-state index in [0.717, 1.165) is 25.9 Å². The van der Waals surface area contributed by atoms with Gasteiger partial charge in [0.1, 0.15) is 6.04 Å². The first-order valence-corrected chi connectivity index (χ1v) is 6.83. The van der Waals surface area contributed by atoms with Crippen LogP contribution in [-0.2, 0) is 9.53 Å². The molecule has 2 rings (SSSR count). The number of rotatable bonds is 4. The number of hydrogen-bond acceptors (Lipinski definition) is 4. The van der Waals surface area contributed by atoms with Gasteiger partial charge in [-0.25, -0.2) is 0 Å². The number of hydrogen-bond donors (Lipinski definition) is 1. The molecule has 0 spiro atoms. The van der Waals surface area contributed by atoms with Gasteiger partial charge in [-0.1, -0.05) is 6.92 Å². The van der Waals surface area contributed by atoms with Crippen molar-refractivity contribution in [1.82, 2.24) is 4.90 Å². The second kappa shape index (κ2) is 5.36. The van der Waals surface area contributed by atoms with E-state index in [1.165, 1.54) is 6.42 Å². The van der Waals surface area contributed by atoms with Crippen LogP contribution in [0.2, 0.25) is 0 Å². The van der Waals surface area contributed by atoms with Gasteiger partial charge in [0.05, 0.1) is 6.61 Å². The molecule has 2 aliphatic rings. The topological polar surface area (TPSA) is 55.6 Å². The van der Waals surface area contributed by atoms with Crippen LogP contribution in [0.15, 0.2) is 0 Å². The first kappa shape index (κ1) is 12.8. The van der Waals surface area contributed by atoms with Crippen molar-refractivity contribution in [2.75, 3.05) is 19.7 Å². The van der Waals surface area contributed by atoms with E-state index in [4.69, 9.17) is 10.5 Å². The first-order valence-electron chi connectivity index (χ1n) is 6.83. The summed E-state index contributed by atoms with van der Waals surface area (Å²) < 4.78 is 5.14. The van der Waals surface area contributed by atoms with E-state index in [1.54, 1.807) is 0 Å². The predicted molar refractivity (Wildman–Crippen MR) is 66.5 cm³/mol. The van der Waals surface area contributed by atoms with Crippen molar-refractivity contribution in [1.29, 1.82) is 0 Å². The minimum atomic E-state index is -0.0662. The molecule has 1 aliphatic carbocycles. The van der Waals surface area contributed by atoms with Crippen LogP contribution in [0.5, 0.6) is 0 Å². The highest BCUT2D eigenvalue weighted by atomic mass is 16.5. The number of nitrogens with two attached hydrogens (primary N) is 1. The average molecular weight is 240 g/mol. The lowest BCUT2D eigenvalue weighted by Gasteiger charge is -2.26. The molecule has 0 amide bonds. The second-order valence-electron chi connectivity index (χ2n) is 5.30. The van der Waals surface area contributed by atoms with Gasteiger partial charge in [-0.05, 0) is 38.0 Å². The standard InChI is InChI=1S/C13H24N2O2/c1-3-12(13(16)17-4-2)15-7-9-5-6-11(14)10(9)8-15/h9-12H,3-8,14H2,1-2H3. The Morgan fingerprint density at radius 2 is 2.18 bits per heavy atom. The summed E-state index contributed by atoms with van der Waals surface area (Å²) in [5.41, 5.74) is 6.12. The van der Waals surface area contributed by atoms with Crippen molar-refractivity contribution in [3.63, 3.8) is 0 Å². The third-order valence-corrected chi connectivity index (χ3v) is 4.33. The molecule has 4 atom stereocenters. The number of carbonyl (C=O) groups excluding carboxylic acids is 1. The van der Waals surface area contributed by atoms with E-state index >= 15 is 0 Å². The molecule has 0 bridgehead atoms. The van der Waals surface area contributed by atoms with Crippen molar-refractivity contribution in [3.8, 4) is 0 Å². The zero-order chi connectivity index (χ0) is 12.4. The van der Waals surface area contributed by atoms with E-state index in [2.05, 4.69) is 11.8 Å². The minimum absolute atomic E-state index is 0.0623. The monoisotopic (exact) mass is 240 g/mol. The first-order chi connectivity index (χ1) is 8.17. The van der Waals surface area contributed by atoms with Crippen molar-refractivity contribution >= 4 is 5.97 Å². The molecule has 17 heavy (non-hydrogen) atoms. The number of nitrogens with zero attached hydrogens (tertiary/aromatic N) is 1. The highest BCUT2D eigenvalue weighted by molar-refractivity contribution is 5.75. The van der Waals surface area contributed by atoms with Crippen LogP contribution in [0.4, 0.5) is 0 Å². The van der Waals surface area contributed by atoms with Crippen LogP contribution in [0, 0.1) is 11.8 Å². The molecular weight excluding hydrogens is 216 g/mol. The fraction of sp³-hybridized carbons (Fsp3) is 0.923. The van der Waals surface area contributed by atoms with Gasteiger partial charge in [0, 0.05) is 19.1 Å². The third kappa shape index (κ3) is 2.47. The van der Waals surface area contributed by atoms with E-state index in [9.17, 15) is 4.79 Å². The lowest BCUT2D eigenvalue weighted by Crippen LogP contribution is -2.42. The van der Waals surface area contributed by atoms with E-state index in [0.29, 0.717) is 24.5 Å². The fourth-order valence-electron chi connectivity index (χ4n) is 3.41. The van der Waals surface area contributed by atoms with Crippen molar-refractivity contribution < 1.29 is 9.53 Å². The summed E-state index contributed by atoms with van der Waals surface area (Å²) in [6, 6.07) is 0.275. The third-order valence-electron chi connectivity index (χ3n) is 4.33. The molecule has 98 valence electrons. The maximum atomic E-state index is 11.9. The lowest BCUT2D eigenvalue weighted by atomic mass is 9.98. The van der Waals surface area contributed by atoms with Gasteiger partial charge in [0.2, 0.25) is 0 Å².